The van der Waals surface area contributed by atoms with Crippen LogP contribution in [0.15, 0.2) is 35.0 Å². The van der Waals surface area contributed by atoms with Gasteiger partial charge in [0.05, 0.1) is 13.2 Å². The molecule has 0 aliphatic carbocycles. The van der Waals surface area contributed by atoms with Crippen molar-refractivity contribution in [2.24, 2.45) is 5.92 Å². The van der Waals surface area contributed by atoms with E-state index in [1.165, 1.54) is 16.5 Å². The average Bonchev–Trinajstić information content (AvgIpc) is 3.16. The Morgan fingerprint density at radius 1 is 1.21 bits per heavy atom. The number of benzene rings is 1. The molecule has 5 rings (SSSR count). The molecule has 6 heteroatoms. The lowest BCUT2D eigenvalue weighted by Gasteiger charge is -2.31. The highest BCUT2D eigenvalue weighted by Crippen LogP contribution is 2.31. The van der Waals surface area contributed by atoms with Crippen LogP contribution in [0.3, 0.4) is 0 Å². The summed E-state index contributed by atoms with van der Waals surface area (Å²) < 4.78 is 12.2. The van der Waals surface area contributed by atoms with Crippen LogP contribution in [-0.4, -0.2) is 36.2 Å². The van der Waals surface area contributed by atoms with Gasteiger partial charge in [0.25, 0.3) is 0 Å². The van der Waals surface area contributed by atoms with Gasteiger partial charge in [-0.2, -0.15) is 0 Å². The van der Waals surface area contributed by atoms with Crippen LogP contribution in [-0.2, 0) is 19.4 Å². The zero-order valence-electron chi connectivity index (χ0n) is 17.0. The van der Waals surface area contributed by atoms with Crippen LogP contribution in [0.1, 0.15) is 36.7 Å². The Morgan fingerprint density at radius 2 is 2.03 bits per heavy atom. The molecular formula is C23H28N4O2. The third-order valence-electron chi connectivity index (χ3n) is 6.17. The Kier molecular flexibility index (Phi) is 5.10. The number of ether oxygens (including phenoxy) is 1. The SMILES string of the molecule is CCc1cnc(N2CCC(COc3ccc4c5c(oc4c3)CNCC5)CC2)nc1. The molecule has 1 saturated heterocycles. The minimum absolute atomic E-state index is 0.561. The number of hydrogen-bond donors (Lipinski definition) is 1. The predicted molar refractivity (Wildman–Crippen MR) is 113 cm³/mol. The van der Waals surface area contributed by atoms with E-state index in [2.05, 4.69) is 39.2 Å². The zero-order chi connectivity index (χ0) is 19.6. The first kappa shape index (κ1) is 18.4. The molecule has 0 saturated carbocycles. The van der Waals surface area contributed by atoms with Gasteiger partial charge < -0.3 is 19.4 Å². The first-order valence-corrected chi connectivity index (χ1v) is 10.7. The summed E-state index contributed by atoms with van der Waals surface area (Å²) >= 11 is 0. The van der Waals surface area contributed by atoms with Crippen LogP contribution in [0.4, 0.5) is 5.95 Å². The van der Waals surface area contributed by atoms with Crippen molar-refractivity contribution in [1.29, 1.82) is 0 Å². The third-order valence-corrected chi connectivity index (χ3v) is 6.17. The zero-order valence-corrected chi connectivity index (χ0v) is 17.0. The Labute approximate surface area is 171 Å². The van der Waals surface area contributed by atoms with Crippen LogP contribution in [0.2, 0.25) is 0 Å². The number of nitrogens with zero attached hydrogens (tertiary/aromatic N) is 3. The van der Waals surface area contributed by atoms with E-state index in [9.17, 15) is 0 Å². The topological polar surface area (TPSA) is 63.4 Å². The molecule has 3 aromatic rings. The summed E-state index contributed by atoms with van der Waals surface area (Å²) in [6.45, 7) is 6.68. The molecule has 29 heavy (non-hydrogen) atoms. The maximum atomic E-state index is 6.13. The Bertz CT molecular complexity index is 974. The smallest absolute Gasteiger partial charge is 0.225 e. The molecule has 1 aromatic carbocycles. The van der Waals surface area contributed by atoms with Gasteiger partial charge in [-0.1, -0.05) is 6.92 Å². The molecule has 2 aromatic heterocycles. The quantitative estimate of drug-likeness (QED) is 0.714. The predicted octanol–water partition coefficient (Wildman–Crippen LogP) is 3.73. The largest absolute Gasteiger partial charge is 0.493 e. The van der Waals surface area contributed by atoms with Crippen molar-refractivity contribution in [1.82, 2.24) is 15.3 Å². The molecule has 0 spiro atoms. The number of rotatable bonds is 5. The number of aromatic nitrogens is 2. The van der Waals surface area contributed by atoms with Crippen molar-refractivity contribution >= 4 is 16.9 Å². The van der Waals surface area contributed by atoms with Crippen molar-refractivity contribution in [3.05, 3.63) is 47.5 Å². The fourth-order valence-corrected chi connectivity index (χ4v) is 4.31. The minimum atomic E-state index is 0.561. The van der Waals surface area contributed by atoms with Gasteiger partial charge in [0.2, 0.25) is 5.95 Å². The molecule has 0 bridgehead atoms. The van der Waals surface area contributed by atoms with Crippen LogP contribution in [0.5, 0.6) is 5.75 Å². The van der Waals surface area contributed by atoms with E-state index in [4.69, 9.17) is 9.15 Å². The molecule has 2 aliphatic heterocycles. The number of aryl methyl sites for hydroxylation is 1. The Balaban J connectivity index is 1.17. The molecular weight excluding hydrogens is 364 g/mol. The lowest BCUT2D eigenvalue weighted by atomic mass is 9.98. The third kappa shape index (κ3) is 3.81. The fraction of sp³-hybridized carbons (Fsp3) is 0.478. The molecule has 4 heterocycles. The van der Waals surface area contributed by atoms with Crippen LogP contribution in [0.25, 0.3) is 11.0 Å². The van der Waals surface area contributed by atoms with Gasteiger partial charge in [-0.05, 0) is 55.8 Å². The van der Waals surface area contributed by atoms with Gasteiger partial charge >= 0.3 is 0 Å². The van der Waals surface area contributed by atoms with Crippen molar-refractivity contribution in [3.63, 3.8) is 0 Å². The molecule has 0 atom stereocenters. The molecule has 0 radical (unpaired) electrons. The summed E-state index contributed by atoms with van der Waals surface area (Å²) in [6.07, 6.45) is 8.09. The number of furan rings is 1. The number of anilines is 1. The van der Waals surface area contributed by atoms with Gasteiger partial charge in [0.15, 0.2) is 0 Å². The summed E-state index contributed by atoms with van der Waals surface area (Å²) in [6, 6.07) is 6.28. The highest BCUT2D eigenvalue weighted by molar-refractivity contribution is 5.83. The first-order valence-electron chi connectivity index (χ1n) is 10.7. The summed E-state index contributed by atoms with van der Waals surface area (Å²) in [4.78, 5) is 11.3. The summed E-state index contributed by atoms with van der Waals surface area (Å²) in [5.41, 5.74) is 3.48. The summed E-state index contributed by atoms with van der Waals surface area (Å²) in [7, 11) is 0. The highest BCUT2D eigenvalue weighted by atomic mass is 16.5. The van der Waals surface area contributed by atoms with Gasteiger partial charge in [-0.25, -0.2) is 9.97 Å². The molecule has 0 unspecified atom stereocenters. The van der Waals surface area contributed by atoms with Crippen molar-refractivity contribution < 1.29 is 9.15 Å². The van der Waals surface area contributed by atoms with Crippen molar-refractivity contribution in [2.75, 3.05) is 31.1 Å². The van der Waals surface area contributed by atoms with E-state index in [-0.39, 0.29) is 0 Å². The van der Waals surface area contributed by atoms with Gasteiger partial charge in [0.1, 0.15) is 17.1 Å². The Hall–Kier alpha value is -2.60. The molecule has 6 nitrogen and oxygen atoms in total. The number of hydrogen-bond acceptors (Lipinski definition) is 6. The molecule has 152 valence electrons. The van der Waals surface area contributed by atoms with E-state index in [1.807, 2.05) is 18.5 Å². The second kappa shape index (κ2) is 8.03. The average molecular weight is 393 g/mol. The highest BCUT2D eigenvalue weighted by Gasteiger charge is 2.22. The number of piperidine rings is 1. The normalized spacial score (nSPS) is 17.5. The van der Waals surface area contributed by atoms with Crippen molar-refractivity contribution in [3.8, 4) is 5.75 Å². The van der Waals surface area contributed by atoms with Crippen LogP contribution in [0, 0.1) is 5.92 Å². The number of fused-ring (bicyclic) bond motifs is 3. The maximum absolute atomic E-state index is 6.13. The van der Waals surface area contributed by atoms with E-state index in [1.54, 1.807) is 0 Å². The minimum Gasteiger partial charge on any atom is -0.493 e. The van der Waals surface area contributed by atoms with Crippen LogP contribution < -0.4 is 15.0 Å². The van der Waals surface area contributed by atoms with Crippen LogP contribution >= 0.6 is 0 Å². The second-order valence-corrected chi connectivity index (χ2v) is 8.07. The fourth-order valence-electron chi connectivity index (χ4n) is 4.31. The van der Waals surface area contributed by atoms with Gasteiger partial charge in [-0.3, -0.25) is 0 Å². The molecule has 1 N–H and O–H groups in total. The monoisotopic (exact) mass is 392 g/mol. The summed E-state index contributed by atoms with van der Waals surface area (Å²) in [5.74, 6) is 3.39. The van der Waals surface area contributed by atoms with E-state index < -0.39 is 0 Å². The molecule has 2 aliphatic rings. The van der Waals surface area contributed by atoms with E-state index in [0.717, 1.165) is 81.5 Å². The van der Waals surface area contributed by atoms with Crippen molar-refractivity contribution in [2.45, 2.75) is 39.2 Å². The first-order chi connectivity index (χ1) is 14.3. The second-order valence-electron chi connectivity index (χ2n) is 8.07. The maximum Gasteiger partial charge on any atom is 0.225 e. The summed E-state index contributed by atoms with van der Waals surface area (Å²) in [5, 5.41) is 4.60. The van der Waals surface area contributed by atoms with Gasteiger partial charge in [0, 0.05) is 42.5 Å². The molecule has 1 fully saturated rings. The van der Waals surface area contributed by atoms with Gasteiger partial charge in [-0.15, -0.1) is 0 Å². The number of nitrogens with one attached hydrogen (secondary N) is 1. The lowest BCUT2D eigenvalue weighted by Crippen LogP contribution is -2.36. The van der Waals surface area contributed by atoms with E-state index in [0.29, 0.717) is 5.92 Å². The molecule has 0 amide bonds. The standard InChI is InChI=1S/C23H28N4O2/c1-2-16-12-25-23(26-13-16)27-9-6-17(7-10-27)15-28-18-3-4-19-20-5-8-24-14-22(20)29-21(19)11-18/h3-4,11-13,17,24H,2,5-10,14-15H2,1H3. The van der Waals surface area contributed by atoms with E-state index >= 15 is 0 Å². The lowest BCUT2D eigenvalue weighted by molar-refractivity contribution is 0.222. The Morgan fingerprint density at radius 3 is 2.83 bits per heavy atom.